The molecule has 8 heteroatoms. The molecule has 0 aliphatic carbocycles. The van der Waals surface area contributed by atoms with E-state index in [4.69, 9.17) is 21.2 Å². The van der Waals surface area contributed by atoms with E-state index in [1.54, 1.807) is 0 Å². The third kappa shape index (κ3) is 39.9. The van der Waals surface area contributed by atoms with Crippen molar-refractivity contribution in [1.29, 1.82) is 0 Å². The molecule has 0 N–H and O–H groups in total. The zero-order valence-electron chi connectivity index (χ0n) is 5.96. The largest absolute Gasteiger partial charge is 0.646 e. The Morgan fingerprint density at radius 1 is 1.17 bits per heavy atom. The molecular weight excluding hydrogens is 452 g/mol. The SMILES string of the molecule is O=[C-]OCCl.O=[C-]OCI.[Y].[Y]. The van der Waals surface area contributed by atoms with E-state index >= 15 is 0 Å². The van der Waals surface area contributed by atoms with Crippen molar-refractivity contribution in [2.75, 3.05) is 10.7 Å². The predicted octanol–water partition coefficient (Wildman–Crippen LogP) is 0.724. The molecule has 12 heavy (non-hydrogen) atoms. The Bertz CT molecular complexity index is 77.5. The molecule has 0 aromatic rings. The van der Waals surface area contributed by atoms with Gasteiger partial charge in [-0.2, -0.15) is 0 Å². The Morgan fingerprint density at radius 3 is 1.58 bits per heavy atom. The first-order chi connectivity index (χ1) is 4.83. The summed E-state index contributed by atoms with van der Waals surface area (Å²) >= 11 is 6.72. The van der Waals surface area contributed by atoms with Crippen LogP contribution in [-0.4, -0.2) is 23.6 Å². The minimum absolute atomic E-state index is 0. The van der Waals surface area contributed by atoms with Crippen LogP contribution in [0.25, 0.3) is 0 Å². The van der Waals surface area contributed by atoms with Crippen molar-refractivity contribution in [3.63, 3.8) is 0 Å². The second-order valence-corrected chi connectivity index (χ2v) is 1.51. The van der Waals surface area contributed by atoms with Crippen molar-refractivity contribution in [3.05, 3.63) is 0 Å². The second kappa shape index (κ2) is 29.2. The summed E-state index contributed by atoms with van der Waals surface area (Å²) in [6.07, 6.45) is 0. The first kappa shape index (κ1) is 23.8. The van der Waals surface area contributed by atoms with Crippen molar-refractivity contribution in [2.24, 2.45) is 0 Å². The molecule has 0 aliphatic rings. The Balaban J connectivity index is -0.0000000457. The molecule has 0 heterocycles. The molecule has 2 radical (unpaired) electrons. The minimum atomic E-state index is -0.108. The topological polar surface area (TPSA) is 52.6 Å². The van der Waals surface area contributed by atoms with Crippen LogP contribution in [0.15, 0.2) is 0 Å². The number of halogens is 2. The maximum atomic E-state index is 9.05. The third-order valence-electron chi connectivity index (χ3n) is 0.227. The number of carbonyl (C=O) groups excluding carboxylic acids is 2. The normalized spacial score (nSPS) is 5.50. The van der Waals surface area contributed by atoms with Gasteiger partial charge in [0.1, 0.15) is 10.7 Å². The number of hydrogen-bond donors (Lipinski definition) is 0. The number of hydrogen-bond acceptors (Lipinski definition) is 4. The van der Waals surface area contributed by atoms with Gasteiger partial charge in [-0.05, 0) is 22.6 Å². The summed E-state index contributed by atoms with van der Waals surface area (Å²) in [6.45, 7) is 2.40. The summed E-state index contributed by atoms with van der Waals surface area (Å²) < 4.78 is 8.20. The van der Waals surface area contributed by atoms with Crippen molar-refractivity contribution >= 4 is 47.1 Å². The zero-order valence-corrected chi connectivity index (χ0v) is 14.5. The van der Waals surface area contributed by atoms with Crippen molar-refractivity contribution in [2.45, 2.75) is 0 Å². The average molecular weight is 456 g/mol. The van der Waals surface area contributed by atoms with Crippen LogP contribution in [0.5, 0.6) is 0 Å². The van der Waals surface area contributed by atoms with Crippen LogP contribution < -0.4 is 0 Å². The summed E-state index contributed by atoms with van der Waals surface area (Å²) in [6, 6.07) is -0.108. The molecule has 4 nitrogen and oxygen atoms in total. The van der Waals surface area contributed by atoms with Crippen molar-refractivity contribution in [1.82, 2.24) is 0 Å². The maximum Gasteiger partial charge on any atom is 0.126 e. The van der Waals surface area contributed by atoms with Gasteiger partial charge in [0.25, 0.3) is 0 Å². The van der Waals surface area contributed by atoms with E-state index in [2.05, 4.69) is 9.47 Å². The molecule has 0 rings (SSSR count). The van der Waals surface area contributed by atoms with Gasteiger partial charge in [-0.1, -0.05) is 24.5 Å². The fourth-order valence-electron chi connectivity index (χ4n) is 0.0445. The molecule has 0 saturated carbocycles. The standard InChI is InChI=1S/C2H2ClO2.C2H2IO2.2Y/c2*3-1-5-2-4;;/h2*1H2;;/q2*-1;;. The summed E-state index contributed by atoms with van der Waals surface area (Å²) in [4.78, 5) is 18.0. The Morgan fingerprint density at radius 2 is 1.58 bits per heavy atom. The zero-order chi connectivity index (χ0) is 8.24. The van der Waals surface area contributed by atoms with Gasteiger partial charge in [-0.3, -0.25) is 0 Å². The minimum Gasteiger partial charge on any atom is -0.646 e. The Hall–Kier alpha value is 2.17. The van der Waals surface area contributed by atoms with Crippen LogP contribution in [0.4, 0.5) is 0 Å². The van der Waals surface area contributed by atoms with Gasteiger partial charge in [0.15, 0.2) is 0 Å². The summed E-state index contributed by atoms with van der Waals surface area (Å²) in [5.74, 6) is 0. The van der Waals surface area contributed by atoms with E-state index in [1.165, 1.54) is 6.47 Å². The van der Waals surface area contributed by atoms with Gasteiger partial charge >= 0.3 is 0 Å². The quantitative estimate of drug-likeness (QED) is 0.356. The molecule has 0 aliphatic heterocycles. The Labute approximate surface area is 140 Å². The smallest absolute Gasteiger partial charge is 0.126 e. The number of rotatable bonds is 4. The fourth-order valence-corrected chi connectivity index (χ4v) is 0.216. The van der Waals surface area contributed by atoms with E-state index in [9.17, 15) is 0 Å². The van der Waals surface area contributed by atoms with E-state index in [1.807, 2.05) is 22.6 Å². The molecule has 0 aromatic heterocycles. The predicted molar refractivity (Wildman–Crippen MR) is 43.2 cm³/mol. The van der Waals surface area contributed by atoms with Gasteiger partial charge in [0.2, 0.25) is 0 Å². The molecular formula is C4H4ClIO4Y2-2. The molecule has 0 aromatic carbocycles. The van der Waals surface area contributed by atoms with Crippen molar-refractivity contribution in [3.8, 4) is 0 Å². The second-order valence-electron chi connectivity index (χ2n) is 0.674. The molecule has 0 amide bonds. The van der Waals surface area contributed by atoms with Crippen LogP contribution in [0, 0.1) is 0 Å². The average Bonchev–Trinajstić information content (AvgIpc) is 1.93. The van der Waals surface area contributed by atoms with Gasteiger partial charge in [0.05, 0.1) is 0 Å². The molecule has 0 fully saturated rings. The molecule has 0 unspecified atom stereocenters. The van der Waals surface area contributed by atoms with Crippen LogP contribution in [-0.2, 0) is 84.5 Å². The first-order valence-electron chi connectivity index (χ1n) is 1.93. The molecule has 0 atom stereocenters. The molecule has 66 valence electrons. The number of ether oxygens (including phenoxy) is 2. The van der Waals surface area contributed by atoms with Crippen LogP contribution >= 0.6 is 34.2 Å². The van der Waals surface area contributed by atoms with Gasteiger partial charge in [0, 0.05) is 65.4 Å². The van der Waals surface area contributed by atoms with E-state index in [0.29, 0.717) is 4.61 Å². The molecule has 0 spiro atoms. The third-order valence-corrected chi connectivity index (χ3v) is 0.647. The van der Waals surface area contributed by atoms with Crippen LogP contribution in [0.2, 0.25) is 0 Å². The first-order valence-corrected chi connectivity index (χ1v) is 3.99. The molecule has 0 bridgehead atoms. The van der Waals surface area contributed by atoms with Crippen LogP contribution in [0.1, 0.15) is 0 Å². The van der Waals surface area contributed by atoms with Gasteiger partial charge in [-0.15, -0.1) is 0 Å². The summed E-state index contributed by atoms with van der Waals surface area (Å²) in [7, 11) is 0. The maximum absolute atomic E-state index is 9.05. The summed E-state index contributed by atoms with van der Waals surface area (Å²) in [5, 5.41) is 0. The van der Waals surface area contributed by atoms with Gasteiger partial charge in [-0.25, -0.2) is 0 Å². The fraction of sp³-hybridized carbons (Fsp3) is 0.500. The monoisotopic (exact) mass is 456 g/mol. The van der Waals surface area contributed by atoms with Crippen molar-refractivity contribution < 1.29 is 84.5 Å². The van der Waals surface area contributed by atoms with E-state index in [0.717, 1.165) is 6.47 Å². The summed E-state index contributed by atoms with van der Waals surface area (Å²) in [5.41, 5.74) is 0. The van der Waals surface area contributed by atoms with Gasteiger partial charge < -0.3 is 19.1 Å². The van der Waals surface area contributed by atoms with Crippen LogP contribution in [0.3, 0.4) is 0 Å². The van der Waals surface area contributed by atoms with E-state index in [-0.39, 0.29) is 71.5 Å². The molecule has 0 saturated heterocycles. The Kier molecular flexibility index (Phi) is 57.9. The number of alkyl halides is 2. The van der Waals surface area contributed by atoms with E-state index < -0.39 is 0 Å².